The lowest BCUT2D eigenvalue weighted by atomic mass is 9.59. The Morgan fingerprint density at radius 2 is 2.06 bits per heavy atom. The van der Waals surface area contributed by atoms with Gasteiger partial charge in [-0.25, -0.2) is 0 Å². The van der Waals surface area contributed by atoms with Crippen LogP contribution in [0.3, 0.4) is 0 Å². The maximum atomic E-state index is 11.7. The molecule has 0 aromatic carbocycles. The molecule has 6 atom stereocenters. The van der Waals surface area contributed by atoms with E-state index in [1.165, 1.54) is 45.6 Å². The zero-order valence-electron chi connectivity index (χ0n) is 10.9. The lowest BCUT2D eigenvalue weighted by Crippen LogP contribution is -2.41. The van der Waals surface area contributed by atoms with Crippen molar-refractivity contribution in [1.82, 2.24) is 0 Å². The first-order valence-electron chi connectivity index (χ1n) is 7.48. The van der Waals surface area contributed by atoms with Crippen molar-refractivity contribution < 1.29 is 14.3 Å². The monoisotopic (exact) mass is 248 g/mol. The molecular weight excluding hydrogens is 228 g/mol. The molecule has 0 N–H and O–H groups in total. The number of ether oxygens (including phenoxy) is 2. The van der Waals surface area contributed by atoms with E-state index in [-0.39, 0.29) is 11.4 Å². The lowest BCUT2D eigenvalue weighted by Gasteiger charge is -2.42. The van der Waals surface area contributed by atoms with E-state index in [0.29, 0.717) is 35.4 Å². The number of hydrogen-bond donors (Lipinski definition) is 0. The quantitative estimate of drug-likeness (QED) is 0.703. The Kier molecular flexibility index (Phi) is 1.51. The van der Waals surface area contributed by atoms with Gasteiger partial charge in [0.25, 0.3) is 0 Å². The third-order valence-corrected chi connectivity index (χ3v) is 7.16. The lowest BCUT2D eigenvalue weighted by molar-refractivity contribution is -0.145. The second-order valence-corrected chi connectivity index (χ2v) is 7.13. The number of hydrogen-bond acceptors (Lipinski definition) is 3. The molecular formula is C15H20O3. The predicted molar refractivity (Wildman–Crippen MR) is 63.8 cm³/mol. The molecule has 4 saturated carbocycles. The molecule has 2 saturated heterocycles. The molecule has 2 aliphatic heterocycles. The van der Waals surface area contributed by atoms with Gasteiger partial charge < -0.3 is 9.47 Å². The molecule has 3 nitrogen and oxygen atoms in total. The molecule has 6 fully saturated rings. The van der Waals surface area contributed by atoms with Crippen LogP contribution in [0.15, 0.2) is 0 Å². The summed E-state index contributed by atoms with van der Waals surface area (Å²) in [5.74, 6) is 0.691. The molecule has 2 heterocycles. The highest BCUT2D eigenvalue weighted by Crippen LogP contribution is 3.07. The fourth-order valence-corrected chi connectivity index (χ4v) is 6.84. The summed E-state index contributed by atoms with van der Waals surface area (Å²) in [5.41, 5.74) is 1.15. The summed E-state index contributed by atoms with van der Waals surface area (Å²) in [4.78, 5) is 11.7. The zero-order chi connectivity index (χ0) is 12.2. The third kappa shape index (κ3) is 0.667. The van der Waals surface area contributed by atoms with Crippen LogP contribution >= 0.6 is 0 Å². The van der Waals surface area contributed by atoms with Gasteiger partial charge in [-0.1, -0.05) is 25.7 Å². The molecule has 0 amide bonds. The van der Waals surface area contributed by atoms with Crippen molar-refractivity contribution in [1.29, 1.82) is 0 Å². The normalized spacial score (nSPS) is 61.7. The molecule has 18 heavy (non-hydrogen) atoms. The van der Waals surface area contributed by atoms with Crippen molar-refractivity contribution in [3.8, 4) is 0 Å². The van der Waals surface area contributed by atoms with E-state index in [1.807, 2.05) is 0 Å². The smallest absolute Gasteiger partial charge is 0.306 e. The molecule has 6 unspecified atom stereocenters. The van der Waals surface area contributed by atoms with Crippen LogP contribution in [0, 0.1) is 22.2 Å². The fraction of sp³-hybridized carbons (Fsp3) is 0.933. The topological polar surface area (TPSA) is 35.5 Å². The third-order valence-electron chi connectivity index (χ3n) is 7.16. The van der Waals surface area contributed by atoms with Crippen molar-refractivity contribution >= 4 is 5.97 Å². The van der Waals surface area contributed by atoms with Gasteiger partial charge in [-0.3, -0.25) is 4.79 Å². The minimum Gasteiger partial charge on any atom is -0.469 e. The summed E-state index contributed by atoms with van der Waals surface area (Å²) < 4.78 is 11.1. The summed E-state index contributed by atoms with van der Waals surface area (Å²) >= 11 is 0. The first-order chi connectivity index (χ1) is 8.75. The van der Waals surface area contributed by atoms with Gasteiger partial charge in [-0.05, 0) is 12.8 Å². The fourth-order valence-electron chi connectivity index (χ4n) is 6.84. The van der Waals surface area contributed by atoms with Crippen LogP contribution < -0.4 is 0 Å². The molecule has 2 spiro atoms. The highest BCUT2D eigenvalue weighted by Gasteiger charge is 3.11. The molecule has 98 valence electrons. The molecule has 3 heteroatoms. The highest BCUT2D eigenvalue weighted by atomic mass is 16.5. The van der Waals surface area contributed by atoms with Crippen LogP contribution in [0.5, 0.6) is 0 Å². The minimum atomic E-state index is -0.0244. The Morgan fingerprint density at radius 1 is 1.28 bits per heavy atom. The molecule has 6 aliphatic rings. The zero-order valence-corrected chi connectivity index (χ0v) is 10.9. The maximum absolute atomic E-state index is 11.7. The summed E-state index contributed by atoms with van der Waals surface area (Å²) in [6.07, 6.45) is 9.70. The molecule has 4 aliphatic carbocycles. The Labute approximate surface area is 107 Å². The summed E-state index contributed by atoms with van der Waals surface area (Å²) in [6.45, 7) is 0. The summed E-state index contributed by atoms with van der Waals surface area (Å²) in [7, 11) is 1.51. The SMILES string of the molecule is COC(=O)CC12C3C4OC1C21CCCCCCC431. The van der Waals surface area contributed by atoms with E-state index in [9.17, 15) is 4.79 Å². The first-order valence-corrected chi connectivity index (χ1v) is 7.48. The number of carbonyl (C=O) groups excluding carboxylic acids is 1. The molecule has 6 rings (SSSR count). The van der Waals surface area contributed by atoms with E-state index in [0.717, 1.165) is 0 Å². The van der Waals surface area contributed by atoms with Gasteiger partial charge in [0, 0.05) is 22.2 Å². The van der Waals surface area contributed by atoms with Crippen LogP contribution in [-0.2, 0) is 14.3 Å². The first kappa shape index (κ1) is 10.2. The summed E-state index contributed by atoms with van der Waals surface area (Å²) in [5, 5.41) is 0. The van der Waals surface area contributed by atoms with Crippen molar-refractivity contribution in [3.05, 3.63) is 0 Å². The Morgan fingerprint density at radius 3 is 2.83 bits per heavy atom. The van der Waals surface area contributed by atoms with Gasteiger partial charge in [0.2, 0.25) is 0 Å². The van der Waals surface area contributed by atoms with Crippen molar-refractivity contribution in [2.24, 2.45) is 22.2 Å². The second kappa shape index (κ2) is 2.65. The Hall–Kier alpha value is -0.570. The average molecular weight is 248 g/mol. The number of esters is 1. The number of methoxy groups -OCH3 is 1. The van der Waals surface area contributed by atoms with Crippen LogP contribution in [0.2, 0.25) is 0 Å². The van der Waals surface area contributed by atoms with Crippen molar-refractivity contribution in [3.63, 3.8) is 0 Å². The van der Waals surface area contributed by atoms with Gasteiger partial charge >= 0.3 is 5.97 Å². The molecule has 0 aromatic heterocycles. The van der Waals surface area contributed by atoms with E-state index >= 15 is 0 Å². The van der Waals surface area contributed by atoms with E-state index in [4.69, 9.17) is 9.47 Å². The standard InChI is InChI=1S/C15H20O3/c1-17-9(16)8-14-10-11-13(10)6-4-2-3-5-7-15(13,14)12(14)18-11/h10-12H,2-8H2,1H3. The minimum absolute atomic E-state index is 0.0244. The van der Waals surface area contributed by atoms with E-state index in [1.54, 1.807) is 0 Å². The molecule has 0 radical (unpaired) electrons. The predicted octanol–water partition coefficient (Wildman–Crippen LogP) is 2.29. The average Bonchev–Trinajstić information content (AvgIpc) is 3.00. The van der Waals surface area contributed by atoms with Crippen LogP contribution in [0.1, 0.15) is 44.9 Å². The van der Waals surface area contributed by atoms with Gasteiger partial charge in [-0.15, -0.1) is 0 Å². The van der Waals surface area contributed by atoms with Gasteiger partial charge in [0.1, 0.15) is 0 Å². The van der Waals surface area contributed by atoms with Crippen molar-refractivity contribution in [2.45, 2.75) is 57.2 Å². The van der Waals surface area contributed by atoms with E-state index < -0.39 is 0 Å². The number of rotatable bonds is 2. The second-order valence-electron chi connectivity index (χ2n) is 7.13. The molecule has 2 bridgehead atoms. The molecule has 0 aromatic rings. The van der Waals surface area contributed by atoms with E-state index in [2.05, 4.69) is 0 Å². The van der Waals surface area contributed by atoms with Crippen molar-refractivity contribution in [2.75, 3.05) is 7.11 Å². The Balaban J connectivity index is 1.51. The highest BCUT2D eigenvalue weighted by molar-refractivity contribution is 5.75. The van der Waals surface area contributed by atoms with Gasteiger partial charge in [0.15, 0.2) is 0 Å². The van der Waals surface area contributed by atoms with Gasteiger partial charge in [-0.2, -0.15) is 0 Å². The largest absolute Gasteiger partial charge is 0.469 e. The number of carbonyl (C=O) groups is 1. The Bertz CT molecular complexity index is 457. The summed E-state index contributed by atoms with van der Waals surface area (Å²) in [6, 6.07) is 0. The van der Waals surface area contributed by atoms with Crippen LogP contribution in [0.4, 0.5) is 0 Å². The van der Waals surface area contributed by atoms with Gasteiger partial charge in [0.05, 0.1) is 25.7 Å². The maximum Gasteiger partial charge on any atom is 0.306 e. The van der Waals surface area contributed by atoms with Crippen LogP contribution in [0.25, 0.3) is 0 Å². The van der Waals surface area contributed by atoms with Crippen LogP contribution in [-0.4, -0.2) is 25.3 Å².